The maximum atomic E-state index is 4.65. The molecule has 2 heterocycles. The van der Waals surface area contributed by atoms with Crippen molar-refractivity contribution in [3.63, 3.8) is 0 Å². The van der Waals surface area contributed by atoms with E-state index in [2.05, 4.69) is 160 Å². The Hall–Kier alpha value is -4.18. The van der Waals surface area contributed by atoms with Crippen LogP contribution in [-0.2, 0) is 14.1 Å². The number of hydrogen-bond donors (Lipinski definition) is 0. The van der Waals surface area contributed by atoms with Gasteiger partial charge >= 0.3 is 0 Å². The van der Waals surface area contributed by atoms with Gasteiger partial charge in [-0.15, -0.1) is 0 Å². The average molecular weight is 529 g/mol. The van der Waals surface area contributed by atoms with Gasteiger partial charge in [0, 0.05) is 35.7 Å². The number of hydrogen-bond acceptors (Lipinski definition) is 2. The van der Waals surface area contributed by atoms with E-state index in [0.717, 1.165) is 11.1 Å². The lowest BCUT2D eigenvalue weighted by atomic mass is 10.0. The van der Waals surface area contributed by atoms with Crippen molar-refractivity contribution in [3.05, 3.63) is 96.1 Å². The minimum absolute atomic E-state index is 0.0819. The second kappa shape index (κ2) is 10.4. The summed E-state index contributed by atoms with van der Waals surface area (Å²) in [6.07, 6.45) is 3.92. The van der Waals surface area contributed by atoms with Crippen molar-refractivity contribution in [2.75, 3.05) is 0 Å². The van der Waals surface area contributed by atoms with E-state index < -0.39 is 0 Å². The number of pyridine rings is 2. The van der Waals surface area contributed by atoms with Gasteiger partial charge in [0.05, 0.1) is 21.9 Å². The number of fused-ring (bicyclic) bond motifs is 3. The molecule has 0 radical (unpaired) electrons. The summed E-state index contributed by atoms with van der Waals surface area (Å²) in [5.74, 6) is 0. The molecule has 3 aromatic carbocycles. The third-order valence-corrected chi connectivity index (χ3v) is 7.06. The number of aliphatic imine (C=N–C) groups is 2. The van der Waals surface area contributed by atoms with Crippen LogP contribution in [0.5, 0.6) is 0 Å². The Morgan fingerprint density at radius 2 is 0.800 bits per heavy atom. The fourth-order valence-corrected chi connectivity index (χ4v) is 4.98. The smallest absolute Gasteiger partial charge is 0.285 e. The van der Waals surface area contributed by atoms with Crippen molar-refractivity contribution in [1.29, 1.82) is 0 Å². The minimum Gasteiger partial charge on any atom is -0.287 e. The van der Waals surface area contributed by atoms with E-state index in [1.165, 1.54) is 44.3 Å². The van der Waals surface area contributed by atoms with E-state index in [9.17, 15) is 0 Å². The summed E-state index contributed by atoms with van der Waals surface area (Å²) >= 11 is 0. The van der Waals surface area contributed by atoms with Crippen LogP contribution in [0.4, 0.5) is 0 Å². The molecular weight excluding hydrogens is 488 g/mol. The molecule has 5 aromatic rings. The van der Waals surface area contributed by atoms with E-state index in [1.807, 2.05) is 12.4 Å². The summed E-state index contributed by atoms with van der Waals surface area (Å²) in [6.45, 7) is 12.7. The quantitative estimate of drug-likeness (QED) is 0.132. The molecule has 2 aromatic heterocycles. The predicted molar refractivity (Wildman–Crippen MR) is 169 cm³/mol. The van der Waals surface area contributed by atoms with Gasteiger partial charge in [0.15, 0.2) is 0 Å². The van der Waals surface area contributed by atoms with Gasteiger partial charge < -0.3 is 0 Å². The molecule has 202 valence electrons. The molecule has 0 saturated carbocycles. The lowest BCUT2D eigenvalue weighted by Crippen LogP contribution is -2.38. The highest BCUT2D eigenvalue weighted by atomic mass is 15.0. The monoisotopic (exact) mass is 528 g/mol. The molecule has 0 atom stereocenters. The van der Waals surface area contributed by atoms with Crippen molar-refractivity contribution in [3.8, 4) is 22.5 Å². The third kappa shape index (κ3) is 5.86. The van der Waals surface area contributed by atoms with E-state index in [0.29, 0.717) is 0 Å². The normalized spacial score (nSPS) is 12.8. The lowest BCUT2D eigenvalue weighted by molar-refractivity contribution is -0.652. The van der Waals surface area contributed by atoms with Crippen LogP contribution in [0.1, 0.15) is 52.7 Å². The lowest BCUT2D eigenvalue weighted by Gasteiger charge is -2.11. The standard InChI is InChI=1S/C36H40N4/c1-35(2,3)37-23-25-9-13-27(14-10-25)31-21-19-29-17-18-30-20-22-32(40(8)34(30)33(29)39(31)7)28-15-11-26(12-16-28)24-38-36(4,5)6/h9-24H,1-8H3/q+2. The molecule has 5 rings (SSSR count). The average Bonchev–Trinajstić information content (AvgIpc) is 2.91. The van der Waals surface area contributed by atoms with Crippen LogP contribution in [-0.4, -0.2) is 23.5 Å². The molecule has 0 aliphatic heterocycles. The van der Waals surface area contributed by atoms with Crippen LogP contribution in [0.2, 0.25) is 0 Å². The minimum atomic E-state index is -0.0819. The zero-order valence-corrected chi connectivity index (χ0v) is 25.0. The Bertz CT molecular complexity index is 1610. The van der Waals surface area contributed by atoms with Gasteiger partial charge in [-0.2, -0.15) is 9.13 Å². The maximum absolute atomic E-state index is 4.65. The van der Waals surface area contributed by atoms with Crippen molar-refractivity contribution >= 4 is 34.2 Å². The van der Waals surface area contributed by atoms with E-state index in [-0.39, 0.29) is 11.1 Å². The van der Waals surface area contributed by atoms with Gasteiger partial charge in [0.25, 0.3) is 11.0 Å². The molecule has 0 unspecified atom stereocenters. The Balaban J connectivity index is 1.59. The summed E-state index contributed by atoms with van der Waals surface area (Å²) in [6, 6.07) is 30.7. The molecule has 4 nitrogen and oxygen atoms in total. The zero-order chi connectivity index (χ0) is 28.7. The van der Waals surface area contributed by atoms with Gasteiger partial charge in [-0.25, -0.2) is 0 Å². The number of nitrogens with zero attached hydrogens (tertiary/aromatic N) is 4. The van der Waals surface area contributed by atoms with Gasteiger partial charge in [-0.05, 0) is 101 Å². The van der Waals surface area contributed by atoms with Gasteiger partial charge in [0.2, 0.25) is 11.4 Å². The predicted octanol–water partition coefficient (Wildman–Crippen LogP) is 7.41. The largest absolute Gasteiger partial charge is 0.287 e. The van der Waals surface area contributed by atoms with Crippen LogP contribution < -0.4 is 9.13 Å². The second-order valence-corrected chi connectivity index (χ2v) is 12.6. The Labute approximate surface area is 238 Å². The Morgan fingerprint density at radius 3 is 1.12 bits per heavy atom. The molecule has 0 aliphatic rings. The zero-order valence-electron chi connectivity index (χ0n) is 25.0. The van der Waals surface area contributed by atoms with E-state index in [4.69, 9.17) is 0 Å². The molecule has 0 fully saturated rings. The van der Waals surface area contributed by atoms with Gasteiger partial charge in [-0.3, -0.25) is 9.98 Å². The van der Waals surface area contributed by atoms with Crippen LogP contribution in [0.25, 0.3) is 44.3 Å². The van der Waals surface area contributed by atoms with E-state index in [1.54, 1.807) is 0 Å². The number of rotatable bonds is 4. The van der Waals surface area contributed by atoms with Crippen molar-refractivity contribution in [2.24, 2.45) is 24.1 Å². The highest BCUT2D eigenvalue weighted by Gasteiger charge is 2.24. The molecule has 4 heteroatoms. The molecule has 0 N–H and O–H groups in total. The first kappa shape index (κ1) is 27.4. The van der Waals surface area contributed by atoms with Gasteiger partial charge in [0.1, 0.15) is 14.1 Å². The van der Waals surface area contributed by atoms with Gasteiger partial charge in [-0.1, -0.05) is 24.3 Å². The number of aromatic nitrogens is 2. The molecule has 40 heavy (non-hydrogen) atoms. The fourth-order valence-electron chi connectivity index (χ4n) is 4.98. The third-order valence-electron chi connectivity index (χ3n) is 7.06. The summed E-state index contributed by atoms with van der Waals surface area (Å²) in [4.78, 5) is 9.30. The second-order valence-electron chi connectivity index (χ2n) is 12.6. The van der Waals surface area contributed by atoms with Crippen molar-refractivity contribution in [1.82, 2.24) is 0 Å². The Morgan fingerprint density at radius 1 is 0.475 bits per heavy atom. The molecule has 0 spiro atoms. The highest BCUT2D eigenvalue weighted by Crippen LogP contribution is 2.26. The number of aryl methyl sites for hydroxylation is 2. The van der Waals surface area contributed by atoms with Crippen molar-refractivity contribution in [2.45, 2.75) is 52.6 Å². The van der Waals surface area contributed by atoms with Crippen LogP contribution >= 0.6 is 0 Å². The van der Waals surface area contributed by atoms with E-state index >= 15 is 0 Å². The van der Waals surface area contributed by atoms with Crippen LogP contribution in [0, 0.1) is 0 Å². The van der Waals surface area contributed by atoms with Crippen LogP contribution in [0.15, 0.2) is 94.9 Å². The topological polar surface area (TPSA) is 32.5 Å². The maximum Gasteiger partial charge on any atom is 0.285 e. The molecule has 0 aliphatic carbocycles. The summed E-state index contributed by atoms with van der Waals surface area (Å²) in [5, 5.41) is 2.43. The summed E-state index contributed by atoms with van der Waals surface area (Å²) in [7, 11) is 4.34. The first-order chi connectivity index (χ1) is 18.9. The Kier molecular flexibility index (Phi) is 7.14. The summed E-state index contributed by atoms with van der Waals surface area (Å²) in [5.41, 5.74) is 9.20. The number of benzene rings is 3. The fraction of sp³-hybridized carbons (Fsp3) is 0.278. The van der Waals surface area contributed by atoms with Crippen molar-refractivity contribution < 1.29 is 9.13 Å². The SMILES string of the molecule is C[n+]1c(-c2ccc(C=NC(C)(C)C)cc2)ccc2ccc3ccc(-c4ccc(C=NC(C)(C)C)cc4)[n+](C)c3c21. The molecule has 0 bridgehead atoms. The first-order valence-electron chi connectivity index (χ1n) is 14.0. The molecule has 0 amide bonds. The summed E-state index contributed by atoms with van der Waals surface area (Å²) < 4.78 is 4.65. The molecule has 0 saturated heterocycles. The molecular formula is C36H40N4+2. The highest BCUT2D eigenvalue weighted by molar-refractivity contribution is 5.99. The first-order valence-corrected chi connectivity index (χ1v) is 14.0. The van der Waals surface area contributed by atoms with Crippen LogP contribution in [0.3, 0.4) is 0 Å².